The molecule has 29 heavy (non-hydrogen) atoms. The van der Waals surface area contributed by atoms with E-state index >= 15 is 0 Å². The van der Waals surface area contributed by atoms with Crippen molar-refractivity contribution in [2.75, 3.05) is 12.4 Å². The third kappa shape index (κ3) is 4.22. The second kappa shape index (κ2) is 8.57. The van der Waals surface area contributed by atoms with Crippen molar-refractivity contribution in [3.8, 4) is 5.75 Å². The molecule has 0 radical (unpaired) electrons. The fraction of sp³-hybridized carbons (Fsp3) is 0.286. The monoisotopic (exact) mass is 412 g/mol. The number of carbonyl (C=O) groups excluding carboxylic acids is 3. The Bertz CT molecular complexity index is 892. The zero-order valence-electron chi connectivity index (χ0n) is 15.5. The lowest BCUT2D eigenvalue weighted by molar-refractivity contribution is -0.162. The molecule has 2 heterocycles. The van der Waals surface area contributed by atoms with Gasteiger partial charge in [0.1, 0.15) is 18.4 Å². The molecule has 8 heteroatoms. The molecule has 0 aromatic heterocycles. The third-order valence-corrected chi connectivity index (χ3v) is 6.06. The number of hydrogen-bond donors (Lipinski definition) is 1. The molecular weight excluding hydrogens is 392 g/mol. The Morgan fingerprint density at radius 3 is 2.48 bits per heavy atom. The quantitative estimate of drug-likeness (QED) is 0.549. The van der Waals surface area contributed by atoms with E-state index in [9.17, 15) is 14.4 Å². The van der Waals surface area contributed by atoms with E-state index in [4.69, 9.17) is 9.47 Å². The Kier molecular flexibility index (Phi) is 5.71. The second-order valence-electron chi connectivity index (χ2n) is 6.74. The van der Waals surface area contributed by atoms with Crippen molar-refractivity contribution in [1.82, 2.24) is 10.2 Å². The van der Waals surface area contributed by atoms with Crippen molar-refractivity contribution >= 4 is 29.5 Å². The van der Waals surface area contributed by atoms with Gasteiger partial charge in [0.15, 0.2) is 12.0 Å². The van der Waals surface area contributed by atoms with Crippen LogP contribution in [0.5, 0.6) is 5.75 Å². The van der Waals surface area contributed by atoms with Gasteiger partial charge in [0.25, 0.3) is 5.91 Å². The van der Waals surface area contributed by atoms with E-state index in [1.54, 1.807) is 12.1 Å². The number of benzene rings is 2. The number of ether oxygens (including phenoxy) is 2. The molecule has 2 fully saturated rings. The average Bonchev–Trinajstić information content (AvgIpc) is 3.16. The predicted octanol–water partition coefficient (Wildman–Crippen LogP) is 1.58. The first kappa shape index (κ1) is 19.3. The maximum absolute atomic E-state index is 12.5. The zero-order chi connectivity index (χ0) is 20.2. The lowest BCUT2D eigenvalue weighted by atomic mass is 9.97. The molecule has 0 bridgehead atoms. The number of thioether (sulfide) groups is 1. The molecule has 2 aliphatic rings. The van der Waals surface area contributed by atoms with E-state index in [1.165, 1.54) is 16.7 Å². The van der Waals surface area contributed by atoms with Gasteiger partial charge in [-0.25, -0.2) is 4.79 Å². The summed E-state index contributed by atoms with van der Waals surface area (Å²) < 4.78 is 10.8. The van der Waals surface area contributed by atoms with Crippen LogP contribution in [0.1, 0.15) is 5.56 Å². The van der Waals surface area contributed by atoms with E-state index in [2.05, 4.69) is 5.32 Å². The van der Waals surface area contributed by atoms with Gasteiger partial charge in [-0.15, -0.1) is 11.8 Å². The van der Waals surface area contributed by atoms with E-state index in [1.807, 2.05) is 48.5 Å². The van der Waals surface area contributed by atoms with Gasteiger partial charge < -0.3 is 19.7 Å². The second-order valence-corrected chi connectivity index (χ2v) is 7.85. The summed E-state index contributed by atoms with van der Waals surface area (Å²) in [4.78, 5) is 38.5. The molecule has 3 atom stereocenters. The number of para-hydroxylation sites is 1. The van der Waals surface area contributed by atoms with Gasteiger partial charge in [-0.05, 0) is 17.7 Å². The van der Waals surface area contributed by atoms with Crippen molar-refractivity contribution in [2.45, 2.75) is 24.1 Å². The first-order valence-corrected chi connectivity index (χ1v) is 10.3. The number of nitrogens with one attached hydrogen (secondary N) is 1. The fourth-order valence-corrected chi connectivity index (χ4v) is 4.68. The van der Waals surface area contributed by atoms with Gasteiger partial charge in [-0.1, -0.05) is 48.5 Å². The standard InChI is InChI=1S/C21H20N2O5S/c24-17(12-27-15-9-5-2-6-10-15)22-18-16-13-29-20(23(16)19(18)25)21(26)28-11-14-7-3-1-4-8-14/h1-10,16,18,20H,11-13H2,(H,22,24)/t16?,18-,20?/m0/s1. The van der Waals surface area contributed by atoms with Crippen LogP contribution < -0.4 is 10.1 Å². The summed E-state index contributed by atoms with van der Waals surface area (Å²) in [6.07, 6.45) is 0. The van der Waals surface area contributed by atoms with Crippen LogP contribution >= 0.6 is 11.8 Å². The van der Waals surface area contributed by atoms with Crippen molar-refractivity contribution in [1.29, 1.82) is 0 Å². The van der Waals surface area contributed by atoms with Crippen LogP contribution in [0.25, 0.3) is 0 Å². The number of fused-ring (bicyclic) bond motifs is 1. The first-order valence-electron chi connectivity index (χ1n) is 9.25. The van der Waals surface area contributed by atoms with Gasteiger partial charge >= 0.3 is 5.97 Å². The third-order valence-electron chi connectivity index (χ3n) is 4.80. The number of nitrogens with zero attached hydrogens (tertiary/aromatic N) is 1. The highest BCUT2D eigenvalue weighted by Gasteiger charge is 2.57. The summed E-state index contributed by atoms with van der Waals surface area (Å²) in [7, 11) is 0. The number of hydrogen-bond acceptors (Lipinski definition) is 6. The van der Waals surface area contributed by atoms with Crippen LogP contribution in [0.15, 0.2) is 60.7 Å². The maximum atomic E-state index is 12.5. The molecule has 2 unspecified atom stereocenters. The van der Waals surface area contributed by atoms with E-state index < -0.39 is 17.4 Å². The first-order chi connectivity index (χ1) is 14.1. The molecule has 150 valence electrons. The topological polar surface area (TPSA) is 84.9 Å². The van der Waals surface area contributed by atoms with Crippen molar-refractivity contribution < 1.29 is 23.9 Å². The van der Waals surface area contributed by atoms with Gasteiger partial charge in [0.05, 0.1) is 6.04 Å². The summed E-state index contributed by atoms with van der Waals surface area (Å²) in [6, 6.07) is 17.5. The van der Waals surface area contributed by atoms with Crippen molar-refractivity contribution in [3.63, 3.8) is 0 Å². The minimum absolute atomic E-state index is 0.167. The molecular formula is C21H20N2O5S. The molecule has 2 aromatic rings. The largest absolute Gasteiger partial charge is 0.484 e. The van der Waals surface area contributed by atoms with E-state index in [0.29, 0.717) is 11.5 Å². The minimum Gasteiger partial charge on any atom is -0.484 e. The number of rotatable bonds is 7. The molecule has 0 aliphatic carbocycles. The molecule has 1 N–H and O–H groups in total. The zero-order valence-corrected chi connectivity index (χ0v) is 16.3. The van der Waals surface area contributed by atoms with Crippen LogP contribution in [0, 0.1) is 0 Å². The number of carbonyl (C=O) groups is 3. The van der Waals surface area contributed by atoms with Gasteiger partial charge in [-0.2, -0.15) is 0 Å². The van der Waals surface area contributed by atoms with Crippen molar-refractivity contribution in [2.24, 2.45) is 0 Å². The minimum atomic E-state index is -0.662. The summed E-state index contributed by atoms with van der Waals surface area (Å²) in [5.41, 5.74) is 0.888. The van der Waals surface area contributed by atoms with Crippen LogP contribution in [0.2, 0.25) is 0 Å². The van der Waals surface area contributed by atoms with Gasteiger partial charge in [0, 0.05) is 5.75 Å². The average molecular weight is 412 g/mol. The number of amides is 2. The van der Waals surface area contributed by atoms with Gasteiger partial charge in [-0.3, -0.25) is 9.59 Å². The lowest BCUT2D eigenvalue weighted by Gasteiger charge is -2.43. The van der Waals surface area contributed by atoms with E-state index in [-0.39, 0.29) is 31.1 Å². The fourth-order valence-electron chi connectivity index (χ4n) is 3.32. The molecule has 7 nitrogen and oxygen atoms in total. The summed E-state index contributed by atoms with van der Waals surface area (Å²) >= 11 is 1.36. The van der Waals surface area contributed by atoms with Crippen LogP contribution in [0.3, 0.4) is 0 Å². The van der Waals surface area contributed by atoms with E-state index in [0.717, 1.165) is 5.56 Å². The lowest BCUT2D eigenvalue weighted by Crippen LogP contribution is -2.71. The Morgan fingerprint density at radius 1 is 1.07 bits per heavy atom. The Balaban J connectivity index is 1.26. The molecule has 0 spiro atoms. The summed E-state index contributed by atoms with van der Waals surface area (Å²) in [5.74, 6) is 0.0804. The molecule has 2 amide bonds. The highest BCUT2D eigenvalue weighted by Crippen LogP contribution is 2.39. The SMILES string of the molecule is O=C(COc1ccccc1)N[C@@H]1C(=O)N2C(C(=O)OCc3ccccc3)SCC12. The van der Waals surface area contributed by atoms with Crippen molar-refractivity contribution in [3.05, 3.63) is 66.2 Å². The Labute approximate surface area is 172 Å². The number of β-lactam (4-membered cyclic amide) rings is 1. The molecule has 0 saturated carbocycles. The summed E-state index contributed by atoms with van der Waals surface area (Å²) in [6.45, 7) is -0.00335. The predicted molar refractivity (Wildman–Crippen MR) is 107 cm³/mol. The van der Waals surface area contributed by atoms with Crippen LogP contribution in [-0.2, 0) is 25.7 Å². The Morgan fingerprint density at radius 2 is 1.76 bits per heavy atom. The smallest absolute Gasteiger partial charge is 0.339 e. The molecule has 2 saturated heterocycles. The molecule has 2 aliphatic heterocycles. The highest BCUT2D eigenvalue weighted by atomic mass is 32.2. The molecule has 4 rings (SSSR count). The maximum Gasteiger partial charge on any atom is 0.339 e. The van der Waals surface area contributed by atoms with Crippen LogP contribution in [0.4, 0.5) is 0 Å². The highest BCUT2D eigenvalue weighted by molar-refractivity contribution is 8.00. The van der Waals surface area contributed by atoms with Gasteiger partial charge in [0.2, 0.25) is 5.91 Å². The summed E-state index contributed by atoms with van der Waals surface area (Å²) in [5, 5.41) is 2.04. The normalized spacial score (nSPS) is 22.4. The molecule has 2 aromatic carbocycles. The number of esters is 1. The Hall–Kier alpha value is -3.00. The van der Waals surface area contributed by atoms with Crippen LogP contribution in [-0.4, -0.2) is 52.5 Å².